The summed E-state index contributed by atoms with van der Waals surface area (Å²) in [6.45, 7) is -1.51. The zero-order chi connectivity index (χ0) is 19.0. The van der Waals surface area contributed by atoms with Crippen LogP contribution >= 0.6 is 0 Å². The lowest BCUT2D eigenvalue weighted by Crippen LogP contribution is -2.34. The Balaban J connectivity index is 1.69. The van der Waals surface area contributed by atoms with Crippen molar-refractivity contribution in [3.63, 3.8) is 0 Å². The van der Waals surface area contributed by atoms with E-state index in [-0.39, 0.29) is 18.2 Å². The summed E-state index contributed by atoms with van der Waals surface area (Å²) in [6.07, 6.45) is 1.69. The summed E-state index contributed by atoms with van der Waals surface area (Å²) in [6, 6.07) is 5.55. The number of ether oxygens (including phenoxy) is 1. The number of carbonyl (C=O) groups excluding carboxylic acids is 2. The largest absolute Gasteiger partial charge is 0.484 e. The highest BCUT2D eigenvalue weighted by atomic mass is 19.4. The van der Waals surface area contributed by atoms with Gasteiger partial charge in [-0.25, -0.2) is 0 Å². The van der Waals surface area contributed by atoms with E-state index in [0.29, 0.717) is 18.0 Å². The monoisotopic (exact) mass is 372 g/mol. The molecule has 0 radical (unpaired) electrons. The van der Waals surface area contributed by atoms with Gasteiger partial charge in [-0.3, -0.25) is 9.59 Å². The van der Waals surface area contributed by atoms with Crippen LogP contribution in [0, 0.1) is 5.92 Å². The first-order valence-electron chi connectivity index (χ1n) is 8.68. The van der Waals surface area contributed by atoms with Crippen molar-refractivity contribution in [2.75, 3.05) is 18.5 Å². The molecule has 0 aromatic heterocycles. The predicted octanol–water partition coefficient (Wildman–Crippen LogP) is 3.65. The minimum atomic E-state index is -4.40. The van der Waals surface area contributed by atoms with Gasteiger partial charge in [0, 0.05) is 12.1 Å². The number of amides is 2. The Morgan fingerprint density at radius 3 is 2.31 bits per heavy atom. The maximum absolute atomic E-state index is 12.1. The molecule has 1 aliphatic carbocycles. The van der Waals surface area contributed by atoms with E-state index in [1.165, 1.54) is 30.7 Å². The molecular weight excluding hydrogens is 349 g/mol. The van der Waals surface area contributed by atoms with Gasteiger partial charge in [-0.05, 0) is 43.0 Å². The third-order valence-corrected chi connectivity index (χ3v) is 4.19. The Kier molecular flexibility index (Phi) is 7.29. The fourth-order valence-corrected chi connectivity index (χ4v) is 2.91. The Bertz CT molecular complexity index is 597. The molecule has 0 unspecified atom stereocenters. The van der Waals surface area contributed by atoms with E-state index >= 15 is 0 Å². The maximum atomic E-state index is 12.1. The molecule has 2 rings (SSSR count). The van der Waals surface area contributed by atoms with Crippen molar-refractivity contribution >= 4 is 17.5 Å². The average Bonchev–Trinajstić information content (AvgIpc) is 2.60. The molecule has 0 atom stereocenters. The molecule has 1 aliphatic rings. The van der Waals surface area contributed by atoms with E-state index in [9.17, 15) is 22.8 Å². The number of nitrogens with one attached hydrogen (secondary N) is 2. The van der Waals surface area contributed by atoms with E-state index in [0.717, 1.165) is 25.7 Å². The minimum absolute atomic E-state index is 0.0566. The van der Waals surface area contributed by atoms with Crippen LogP contribution in [0.4, 0.5) is 18.9 Å². The average molecular weight is 372 g/mol. The fourth-order valence-electron chi connectivity index (χ4n) is 2.91. The first-order valence-corrected chi connectivity index (χ1v) is 8.68. The molecule has 0 bridgehead atoms. The van der Waals surface area contributed by atoms with Gasteiger partial charge >= 0.3 is 6.18 Å². The van der Waals surface area contributed by atoms with Crippen molar-refractivity contribution in [3.05, 3.63) is 24.3 Å². The van der Waals surface area contributed by atoms with Gasteiger partial charge in [0.15, 0.2) is 6.61 Å². The molecule has 2 N–H and O–H groups in total. The molecular formula is C18H23F3N2O3. The van der Waals surface area contributed by atoms with Crippen LogP contribution < -0.4 is 15.4 Å². The minimum Gasteiger partial charge on any atom is -0.484 e. The topological polar surface area (TPSA) is 67.4 Å². The van der Waals surface area contributed by atoms with Crippen molar-refractivity contribution in [2.24, 2.45) is 5.92 Å². The van der Waals surface area contributed by atoms with E-state index < -0.39 is 18.7 Å². The van der Waals surface area contributed by atoms with Crippen molar-refractivity contribution < 1.29 is 27.5 Å². The van der Waals surface area contributed by atoms with Crippen LogP contribution in [0.15, 0.2) is 24.3 Å². The van der Waals surface area contributed by atoms with Gasteiger partial charge in [0.25, 0.3) is 0 Å². The Morgan fingerprint density at radius 2 is 1.69 bits per heavy atom. The van der Waals surface area contributed by atoms with Gasteiger partial charge in [-0.1, -0.05) is 19.3 Å². The Morgan fingerprint density at radius 1 is 1.04 bits per heavy atom. The lowest BCUT2D eigenvalue weighted by Gasteiger charge is -2.20. The predicted molar refractivity (Wildman–Crippen MR) is 90.8 cm³/mol. The standard InChI is InChI=1S/C18H23F3N2O3/c19-18(20,21)12-26-15-8-6-14(7-9-15)23-17(25)11-22-16(24)10-13-4-2-1-3-5-13/h6-9,13H,1-5,10-12H2,(H,22,24)(H,23,25). The fraction of sp³-hybridized carbons (Fsp3) is 0.556. The third kappa shape index (κ3) is 7.76. The highest BCUT2D eigenvalue weighted by molar-refractivity contribution is 5.94. The number of carbonyl (C=O) groups is 2. The van der Waals surface area contributed by atoms with Gasteiger partial charge in [-0.2, -0.15) is 13.2 Å². The van der Waals surface area contributed by atoms with Crippen molar-refractivity contribution in [3.8, 4) is 5.75 Å². The smallest absolute Gasteiger partial charge is 0.422 e. The summed E-state index contributed by atoms with van der Waals surface area (Å²) in [5.41, 5.74) is 0.413. The van der Waals surface area contributed by atoms with Gasteiger partial charge < -0.3 is 15.4 Å². The third-order valence-electron chi connectivity index (χ3n) is 4.19. The summed E-state index contributed by atoms with van der Waals surface area (Å²) < 4.78 is 40.8. The van der Waals surface area contributed by atoms with E-state index in [4.69, 9.17) is 0 Å². The first-order chi connectivity index (χ1) is 12.3. The maximum Gasteiger partial charge on any atom is 0.422 e. The molecule has 2 amide bonds. The molecule has 0 aliphatic heterocycles. The van der Waals surface area contributed by atoms with E-state index in [2.05, 4.69) is 15.4 Å². The lowest BCUT2D eigenvalue weighted by atomic mass is 9.87. The highest BCUT2D eigenvalue weighted by Crippen LogP contribution is 2.26. The lowest BCUT2D eigenvalue weighted by molar-refractivity contribution is -0.153. The van der Waals surface area contributed by atoms with Crippen LogP contribution in [0.3, 0.4) is 0 Å². The second-order valence-corrected chi connectivity index (χ2v) is 6.46. The molecule has 144 valence electrons. The van der Waals surface area contributed by atoms with Crippen molar-refractivity contribution in [1.82, 2.24) is 5.32 Å². The van der Waals surface area contributed by atoms with Crippen LogP contribution in [0.2, 0.25) is 0 Å². The van der Waals surface area contributed by atoms with E-state index in [1.54, 1.807) is 0 Å². The van der Waals surface area contributed by atoms with Crippen molar-refractivity contribution in [1.29, 1.82) is 0 Å². The van der Waals surface area contributed by atoms with Crippen LogP contribution in [0.5, 0.6) is 5.75 Å². The number of alkyl halides is 3. The van der Waals surface area contributed by atoms with Gasteiger partial charge in [0.2, 0.25) is 11.8 Å². The summed E-state index contributed by atoms with van der Waals surface area (Å²) in [7, 11) is 0. The summed E-state index contributed by atoms with van der Waals surface area (Å²) in [5.74, 6) is -0.0777. The molecule has 0 spiro atoms. The molecule has 0 heterocycles. The van der Waals surface area contributed by atoms with Crippen molar-refractivity contribution in [2.45, 2.75) is 44.7 Å². The SMILES string of the molecule is O=C(CC1CCCCC1)NCC(=O)Nc1ccc(OCC(F)(F)F)cc1. The number of hydrogen-bond donors (Lipinski definition) is 2. The Labute approximate surface area is 150 Å². The number of anilines is 1. The van der Waals surface area contributed by atoms with Gasteiger partial charge in [0.05, 0.1) is 6.54 Å². The van der Waals surface area contributed by atoms with Crippen LogP contribution in [0.25, 0.3) is 0 Å². The van der Waals surface area contributed by atoms with Gasteiger partial charge in [0.1, 0.15) is 5.75 Å². The number of rotatable bonds is 7. The zero-order valence-electron chi connectivity index (χ0n) is 14.4. The second-order valence-electron chi connectivity index (χ2n) is 6.46. The molecule has 1 aromatic rings. The number of halogens is 3. The first kappa shape index (κ1) is 20.1. The van der Waals surface area contributed by atoms with Crippen LogP contribution in [0.1, 0.15) is 38.5 Å². The molecule has 8 heteroatoms. The molecule has 1 aromatic carbocycles. The zero-order valence-corrected chi connectivity index (χ0v) is 14.4. The molecule has 1 saturated carbocycles. The van der Waals surface area contributed by atoms with E-state index in [1.807, 2.05) is 0 Å². The summed E-state index contributed by atoms with van der Waals surface area (Å²) >= 11 is 0. The molecule has 1 fully saturated rings. The number of hydrogen-bond acceptors (Lipinski definition) is 3. The highest BCUT2D eigenvalue weighted by Gasteiger charge is 2.28. The Hall–Kier alpha value is -2.25. The second kappa shape index (κ2) is 9.45. The molecule has 0 saturated heterocycles. The number of benzene rings is 1. The molecule has 26 heavy (non-hydrogen) atoms. The van der Waals surface area contributed by atoms with Crippen LogP contribution in [-0.4, -0.2) is 31.1 Å². The van der Waals surface area contributed by atoms with Crippen LogP contribution in [-0.2, 0) is 9.59 Å². The summed E-state index contributed by atoms with van der Waals surface area (Å²) in [5, 5.41) is 5.17. The van der Waals surface area contributed by atoms with Gasteiger partial charge in [-0.15, -0.1) is 0 Å². The summed E-state index contributed by atoms with van der Waals surface area (Å²) in [4.78, 5) is 23.7. The molecule has 5 nitrogen and oxygen atoms in total. The quantitative estimate of drug-likeness (QED) is 0.768. The normalized spacial score (nSPS) is 15.3.